The standard InChI is InChI=1S/C10H11FS/c1-8(11)6-9-2-4-10(7-12)5-3-9/h2-5,12H,1,6-7H2. The molecule has 1 rings (SSSR count). The Hall–Kier alpha value is -0.760. The van der Waals surface area contributed by atoms with Gasteiger partial charge in [-0.15, -0.1) is 0 Å². The minimum Gasteiger partial charge on any atom is -0.212 e. The van der Waals surface area contributed by atoms with E-state index in [9.17, 15) is 4.39 Å². The maximum absolute atomic E-state index is 12.4. The van der Waals surface area contributed by atoms with Crippen molar-refractivity contribution in [1.82, 2.24) is 0 Å². The molecule has 1 aromatic rings. The summed E-state index contributed by atoms with van der Waals surface area (Å²) in [6.07, 6.45) is 0.312. The van der Waals surface area contributed by atoms with Crippen LogP contribution in [0.4, 0.5) is 4.39 Å². The zero-order chi connectivity index (χ0) is 8.97. The molecular formula is C10H11FS. The molecule has 0 unspecified atom stereocenters. The van der Waals surface area contributed by atoms with E-state index in [1.54, 1.807) is 0 Å². The number of benzene rings is 1. The average molecular weight is 182 g/mol. The molecule has 0 aliphatic rings. The maximum Gasteiger partial charge on any atom is 0.0971 e. The lowest BCUT2D eigenvalue weighted by molar-refractivity contribution is 0.617. The number of hydrogen-bond donors (Lipinski definition) is 1. The van der Waals surface area contributed by atoms with Gasteiger partial charge in [0, 0.05) is 12.2 Å². The molecule has 12 heavy (non-hydrogen) atoms. The molecule has 0 amide bonds. The van der Waals surface area contributed by atoms with Gasteiger partial charge in [0.2, 0.25) is 0 Å². The van der Waals surface area contributed by atoms with E-state index in [0.717, 1.165) is 16.9 Å². The van der Waals surface area contributed by atoms with E-state index in [1.165, 1.54) is 0 Å². The van der Waals surface area contributed by atoms with Crippen molar-refractivity contribution in [3.05, 3.63) is 47.8 Å². The van der Waals surface area contributed by atoms with Gasteiger partial charge < -0.3 is 0 Å². The van der Waals surface area contributed by atoms with E-state index < -0.39 is 0 Å². The normalized spacial score (nSPS) is 9.83. The van der Waals surface area contributed by atoms with Crippen LogP contribution in [0.3, 0.4) is 0 Å². The van der Waals surface area contributed by atoms with Gasteiger partial charge in [-0.3, -0.25) is 0 Å². The largest absolute Gasteiger partial charge is 0.212 e. The fraction of sp³-hybridized carbons (Fsp3) is 0.200. The number of allylic oxidation sites excluding steroid dienone is 1. The highest BCUT2D eigenvalue weighted by atomic mass is 32.1. The fourth-order valence-electron chi connectivity index (χ4n) is 0.984. The molecule has 0 nitrogen and oxygen atoms in total. The molecule has 2 heteroatoms. The van der Waals surface area contributed by atoms with Gasteiger partial charge in [0.15, 0.2) is 0 Å². The average Bonchev–Trinajstić information content (AvgIpc) is 2.05. The van der Waals surface area contributed by atoms with Crippen LogP contribution in [0.1, 0.15) is 11.1 Å². The van der Waals surface area contributed by atoms with Crippen LogP contribution in [0.2, 0.25) is 0 Å². The SMILES string of the molecule is C=C(F)Cc1ccc(CS)cc1. The zero-order valence-corrected chi connectivity index (χ0v) is 7.65. The van der Waals surface area contributed by atoms with Gasteiger partial charge in [-0.05, 0) is 11.1 Å². The zero-order valence-electron chi connectivity index (χ0n) is 6.76. The van der Waals surface area contributed by atoms with E-state index in [0.29, 0.717) is 6.42 Å². The molecule has 0 heterocycles. The van der Waals surface area contributed by atoms with E-state index in [1.807, 2.05) is 24.3 Å². The molecule has 0 atom stereocenters. The van der Waals surface area contributed by atoms with E-state index in [-0.39, 0.29) is 5.83 Å². The second-order valence-corrected chi connectivity index (χ2v) is 2.98. The molecule has 64 valence electrons. The smallest absolute Gasteiger partial charge is 0.0971 e. The molecule has 0 fully saturated rings. The minimum absolute atomic E-state index is 0.298. The predicted octanol–water partition coefficient (Wildman–Crippen LogP) is 3.14. The molecule has 0 aromatic heterocycles. The Labute approximate surface area is 77.5 Å². The Balaban J connectivity index is 2.71. The fourth-order valence-corrected chi connectivity index (χ4v) is 1.19. The molecule has 0 N–H and O–H groups in total. The topological polar surface area (TPSA) is 0 Å². The molecule has 0 radical (unpaired) electrons. The van der Waals surface area contributed by atoms with E-state index in [2.05, 4.69) is 19.2 Å². The van der Waals surface area contributed by atoms with Crippen LogP contribution >= 0.6 is 12.6 Å². The molecule has 1 aromatic carbocycles. The molecule has 0 saturated heterocycles. The molecular weight excluding hydrogens is 171 g/mol. The predicted molar refractivity (Wildman–Crippen MR) is 53.1 cm³/mol. The first kappa shape index (κ1) is 9.33. The minimum atomic E-state index is -0.298. The Morgan fingerprint density at radius 1 is 1.25 bits per heavy atom. The lowest BCUT2D eigenvalue weighted by Crippen LogP contribution is -1.85. The van der Waals surface area contributed by atoms with Gasteiger partial charge in [0.1, 0.15) is 0 Å². The van der Waals surface area contributed by atoms with Gasteiger partial charge in [0.05, 0.1) is 5.83 Å². The third kappa shape index (κ3) is 2.70. The summed E-state index contributed by atoms with van der Waals surface area (Å²) < 4.78 is 12.4. The van der Waals surface area contributed by atoms with Crippen molar-refractivity contribution < 1.29 is 4.39 Å². The van der Waals surface area contributed by atoms with Crippen molar-refractivity contribution in [1.29, 1.82) is 0 Å². The van der Waals surface area contributed by atoms with Gasteiger partial charge in [0.25, 0.3) is 0 Å². The van der Waals surface area contributed by atoms with Crippen LogP contribution in [-0.4, -0.2) is 0 Å². The molecule has 0 saturated carbocycles. The second kappa shape index (κ2) is 4.31. The summed E-state index contributed by atoms with van der Waals surface area (Å²) in [5.74, 6) is 0.422. The lowest BCUT2D eigenvalue weighted by atomic mass is 10.1. The summed E-state index contributed by atoms with van der Waals surface area (Å²) >= 11 is 4.12. The second-order valence-electron chi connectivity index (χ2n) is 2.67. The van der Waals surface area contributed by atoms with Gasteiger partial charge >= 0.3 is 0 Å². The van der Waals surface area contributed by atoms with Crippen LogP contribution < -0.4 is 0 Å². The first-order chi connectivity index (χ1) is 5.72. The summed E-state index contributed by atoms with van der Waals surface area (Å²) in [5.41, 5.74) is 2.10. The van der Waals surface area contributed by atoms with Crippen molar-refractivity contribution in [2.24, 2.45) is 0 Å². The van der Waals surface area contributed by atoms with Crippen molar-refractivity contribution in [3.8, 4) is 0 Å². The Morgan fingerprint density at radius 2 is 1.75 bits per heavy atom. The summed E-state index contributed by atoms with van der Waals surface area (Å²) in [4.78, 5) is 0. The molecule has 0 spiro atoms. The van der Waals surface area contributed by atoms with E-state index >= 15 is 0 Å². The van der Waals surface area contributed by atoms with Crippen LogP contribution in [0, 0.1) is 0 Å². The first-order valence-electron chi connectivity index (χ1n) is 3.74. The van der Waals surface area contributed by atoms with Crippen LogP contribution in [0.25, 0.3) is 0 Å². The number of rotatable bonds is 3. The number of halogens is 1. The van der Waals surface area contributed by atoms with Crippen LogP contribution in [0.5, 0.6) is 0 Å². The van der Waals surface area contributed by atoms with Crippen LogP contribution in [-0.2, 0) is 12.2 Å². The highest BCUT2D eigenvalue weighted by molar-refractivity contribution is 7.79. The third-order valence-electron chi connectivity index (χ3n) is 1.60. The number of hydrogen-bond acceptors (Lipinski definition) is 1. The van der Waals surface area contributed by atoms with Crippen molar-refractivity contribution >= 4 is 12.6 Å². The molecule has 0 bridgehead atoms. The first-order valence-corrected chi connectivity index (χ1v) is 4.37. The maximum atomic E-state index is 12.4. The molecule has 0 aliphatic carbocycles. The van der Waals surface area contributed by atoms with Crippen molar-refractivity contribution in [2.45, 2.75) is 12.2 Å². The van der Waals surface area contributed by atoms with Gasteiger partial charge in [-0.1, -0.05) is 30.8 Å². The lowest BCUT2D eigenvalue weighted by Gasteiger charge is -1.99. The quantitative estimate of drug-likeness (QED) is 0.682. The van der Waals surface area contributed by atoms with Crippen molar-refractivity contribution in [2.75, 3.05) is 0 Å². The van der Waals surface area contributed by atoms with Gasteiger partial charge in [-0.2, -0.15) is 12.6 Å². The highest BCUT2D eigenvalue weighted by Crippen LogP contribution is 2.10. The Morgan fingerprint density at radius 3 is 2.17 bits per heavy atom. The molecule has 0 aliphatic heterocycles. The highest BCUT2D eigenvalue weighted by Gasteiger charge is 1.95. The summed E-state index contributed by atoms with van der Waals surface area (Å²) in [5, 5.41) is 0. The third-order valence-corrected chi connectivity index (χ3v) is 1.97. The van der Waals surface area contributed by atoms with E-state index in [4.69, 9.17) is 0 Å². The monoisotopic (exact) mass is 182 g/mol. The van der Waals surface area contributed by atoms with Gasteiger partial charge in [-0.25, -0.2) is 4.39 Å². The summed E-state index contributed by atoms with van der Waals surface area (Å²) in [7, 11) is 0. The Kier molecular flexibility index (Phi) is 3.35. The summed E-state index contributed by atoms with van der Waals surface area (Å²) in [6.45, 7) is 3.21. The number of thiol groups is 1. The van der Waals surface area contributed by atoms with Crippen LogP contribution in [0.15, 0.2) is 36.7 Å². The summed E-state index contributed by atoms with van der Waals surface area (Å²) in [6, 6.07) is 7.70. The van der Waals surface area contributed by atoms with Crippen molar-refractivity contribution in [3.63, 3.8) is 0 Å². The Bertz CT molecular complexity index is 264.